The van der Waals surface area contributed by atoms with Crippen LogP contribution >= 0.6 is 0 Å². The van der Waals surface area contributed by atoms with Crippen LogP contribution in [-0.4, -0.2) is 65.9 Å². The predicted octanol–water partition coefficient (Wildman–Crippen LogP) is 1.62. The van der Waals surface area contributed by atoms with Gasteiger partial charge >= 0.3 is 0 Å². The van der Waals surface area contributed by atoms with E-state index >= 15 is 0 Å². The maximum Gasteiger partial charge on any atom is 0.272 e. The molecule has 1 atom stereocenters. The van der Waals surface area contributed by atoms with Crippen molar-refractivity contribution in [3.63, 3.8) is 0 Å². The van der Waals surface area contributed by atoms with Gasteiger partial charge in [-0.3, -0.25) is 14.6 Å². The van der Waals surface area contributed by atoms with Gasteiger partial charge in [0.2, 0.25) is 5.91 Å². The number of carbonyl (C=O) groups excluding carboxylic acids is 2. The molecule has 0 aliphatic carbocycles. The van der Waals surface area contributed by atoms with Crippen molar-refractivity contribution in [2.45, 2.75) is 26.7 Å². The lowest BCUT2D eigenvalue weighted by molar-refractivity contribution is -0.129. The second-order valence-electron chi connectivity index (χ2n) is 6.89. The molecule has 1 aromatic heterocycles. The van der Waals surface area contributed by atoms with Crippen molar-refractivity contribution in [2.24, 2.45) is 5.92 Å². The molecule has 1 aromatic rings. The van der Waals surface area contributed by atoms with Crippen LogP contribution < -0.4 is 4.90 Å². The van der Waals surface area contributed by atoms with Crippen LogP contribution in [0.5, 0.6) is 0 Å². The lowest BCUT2D eigenvalue weighted by atomic mass is 10.00. The molecule has 2 aliphatic rings. The van der Waals surface area contributed by atoms with Crippen LogP contribution in [0.2, 0.25) is 0 Å². The molecule has 2 saturated heterocycles. The number of likely N-dealkylation sites (tertiary alicyclic amines) is 1. The summed E-state index contributed by atoms with van der Waals surface area (Å²) >= 11 is 0. The van der Waals surface area contributed by atoms with Gasteiger partial charge in [0.1, 0.15) is 5.69 Å². The zero-order valence-corrected chi connectivity index (χ0v) is 14.6. The fourth-order valence-electron chi connectivity index (χ4n) is 3.55. The minimum Gasteiger partial charge on any atom is -0.368 e. The number of anilines is 1. The minimum atomic E-state index is 0.0331. The summed E-state index contributed by atoms with van der Waals surface area (Å²) in [6.45, 7) is 8.48. The molecule has 24 heavy (non-hydrogen) atoms. The SMILES string of the molecule is CC(=O)N1CCN(c2ccnc(C(=O)N3CCCC(C)C3)c2)CC1. The van der Waals surface area contributed by atoms with Crippen LogP contribution in [0.15, 0.2) is 18.3 Å². The van der Waals surface area contributed by atoms with E-state index in [1.165, 1.54) is 6.42 Å². The van der Waals surface area contributed by atoms with E-state index in [9.17, 15) is 9.59 Å². The van der Waals surface area contributed by atoms with Gasteiger partial charge in [0.15, 0.2) is 0 Å². The predicted molar refractivity (Wildman–Crippen MR) is 93.0 cm³/mol. The Bertz CT molecular complexity index is 611. The Morgan fingerprint density at radius 3 is 2.54 bits per heavy atom. The fourth-order valence-corrected chi connectivity index (χ4v) is 3.55. The first kappa shape index (κ1) is 16.7. The van der Waals surface area contributed by atoms with E-state index in [0.717, 1.165) is 51.4 Å². The number of aromatic nitrogens is 1. The quantitative estimate of drug-likeness (QED) is 0.827. The molecule has 0 bridgehead atoms. The molecule has 3 heterocycles. The molecule has 1 unspecified atom stereocenters. The molecule has 2 amide bonds. The second kappa shape index (κ2) is 7.20. The third-order valence-corrected chi connectivity index (χ3v) is 5.00. The molecule has 0 radical (unpaired) electrons. The lowest BCUT2D eigenvalue weighted by Gasteiger charge is -2.36. The van der Waals surface area contributed by atoms with Gasteiger partial charge in [-0.1, -0.05) is 6.92 Å². The van der Waals surface area contributed by atoms with Crippen LogP contribution in [0.25, 0.3) is 0 Å². The highest BCUT2D eigenvalue weighted by Crippen LogP contribution is 2.20. The number of hydrogen-bond donors (Lipinski definition) is 0. The first-order valence-electron chi connectivity index (χ1n) is 8.80. The number of rotatable bonds is 2. The van der Waals surface area contributed by atoms with Crippen LogP contribution in [0.4, 0.5) is 5.69 Å². The largest absolute Gasteiger partial charge is 0.368 e. The van der Waals surface area contributed by atoms with E-state index in [1.807, 2.05) is 21.9 Å². The van der Waals surface area contributed by atoms with Crippen molar-refractivity contribution in [1.29, 1.82) is 0 Å². The fraction of sp³-hybridized carbons (Fsp3) is 0.611. The zero-order chi connectivity index (χ0) is 17.1. The van der Waals surface area contributed by atoms with E-state index in [4.69, 9.17) is 0 Å². The monoisotopic (exact) mass is 330 g/mol. The van der Waals surface area contributed by atoms with Gasteiger partial charge in [-0.2, -0.15) is 0 Å². The van der Waals surface area contributed by atoms with Crippen LogP contribution in [-0.2, 0) is 4.79 Å². The highest BCUT2D eigenvalue weighted by Gasteiger charge is 2.24. The van der Waals surface area contributed by atoms with E-state index in [1.54, 1.807) is 13.1 Å². The maximum atomic E-state index is 12.7. The number of hydrogen-bond acceptors (Lipinski definition) is 4. The lowest BCUT2D eigenvalue weighted by Crippen LogP contribution is -2.48. The number of piperazine rings is 1. The Morgan fingerprint density at radius 1 is 1.12 bits per heavy atom. The van der Waals surface area contributed by atoms with E-state index in [0.29, 0.717) is 11.6 Å². The van der Waals surface area contributed by atoms with Crippen molar-refractivity contribution in [3.8, 4) is 0 Å². The Hall–Kier alpha value is -2.11. The van der Waals surface area contributed by atoms with Crippen molar-refractivity contribution in [1.82, 2.24) is 14.8 Å². The van der Waals surface area contributed by atoms with Crippen LogP contribution in [0.1, 0.15) is 37.2 Å². The number of amides is 2. The Morgan fingerprint density at radius 2 is 1.88 bits per heavy atom. The minimum absolute atomic E-state index is 0.0331. The molecule has 0 aromatic carbocycles. The van der Waals surface area contributed by atoms with Gasteiger partial charge in [0, 0.05) is 58.1 Å². The molecular formula is C18H26N4O2. The van der Waals surface area contributed by atoms with E-state index < -0.39 is 0 Å². The number of carbonyl (C=O) groups is 2. The smallest absolute Gasteiger partial charge is 0.272 e. The molecule has 2 fully saturated rings. The summed E-state index contributed by atoms with van der Waals surface area (Å²) in [7, 11) is 0. The summed E-state index contributed by atoms with van der Waals surface area (Å²) in [5.74, 6) is 0.718. The highest BCUT2D eigenvalue weighted by molar-refractivity contribution is 5.93. The van der Waals surface area contributed by atoms with Crippen LogP contribution in [0, 0.1) is 5.92 Å². The Labute approximate surface area is 143 Å². The summed E-state index contributed by atoms with van der Waals surface area (Å²) in [5, 5.41) is 0. The normalized spacial score (nSPS) is 21.8. The van der Waals surface area contributed by atoms with Crippen molar-refractivity contribution >= 4 is 17.5 Å². The third kappa shape index (κ3) is 3.68. The molecule has 3 rings (SSSR count). The average molecular weight is 330 g/mol. The van der Waals surface area contributed by atoms with Crippen LogP contribution in [0.3, 0.4) is 0 Å². The van der Waals surface area contributed by atoms with Gasteiger partial charge in [-0.25, -0.2) is 0 Å². The third-order valence-electron chi connectivity index (χ3n) is 5.00. The molecule has 6 heteroatoms. The second-order valence-corrected chi connectivity index (χ2v) is 6.89. The summed E-state index contributed by atoms with van der Waals surface area (Å²) in [4.78, 5) is 34.4. The molecular weight excluding hydrogens is 304 g/mol. The molecule has 6 nitrogen and oxygen atoms in total. The first-order chi connectivity index (χ1) is 11.5. The number of nitrogens with zero attached hydrogens (tertiary/aromatic N) is 4. The number of piperidine rings is 1. The zero-order valence-electron chi connectivity index (χ0n) is 14.6. The van der Waals surface area contributed by atoms with E-state index in [-0.39, 0.29) is 11.8 Å². The van der Waals surface area contributed by atoms with Crippen molar-refractivity contribution in [2.75, 3.05) is 44.2 Å². The van der Waals surface area contributed by atoms with Gasteiger partial charge < -0.3 is 14.7 Å². The van der Waals surface area contributed by atoms with E-state index in [2.05, 4.69) is 16.8 Å². The maximum absolute atomic E-state index is 12.7. The standard InChI is InChI=1S/C18H26N4O2/c1-14-4-3-7-22(13-14)18(24)17-12-16(5-6-19-17)21-10-8-20(9-11-21)15(2)23/h5-6,12,14H,3-4,7-11,13H2,1-2H3. The summed E-state index contributed by atoms with van der Waals surface area (Å²) in [6.07, 6.45) is 3.98. The van der Waals surface area contributed by atoms with Gasteiger partial charge in [0.05, 0.1) is 0 Å². The summed E-state index contributed by atoms with van der Waals surface area (Å²) in [5.41, 5.74) is 1.54. The van der Waals surface area contributed by atoms with Gasteiger partial charge in [-0.15, -0.1) is 0 Å². The van der Waals surface area contributed by atoms with Gasteiger partial charge in [-0.05, 0) is 30.9 Å². The molecule has 0 saturated carbocycles. The number of pyridine rings is 1. The molecule has 2 aliphatic heterocycles. The summed E-state index contributed by atoms with van der Waals surface area (Å²) in [6, 6.07) is 3.84. The molecule has 130 valence electrons. The van der Waals surface area contributed by atoms with Crippen molar-refractivity contribution in [3.05, 3.63) is 24.0 Å². The van der Waals surface area contributed by atoms with Gasteiger partial charge in [0.25, 0.3) is 5.91 Å². The Balaban J connectivity index is 1.68. The summed E-state index contributed by atoms with van der Waals surface area (Å²) < 4.78 is 0. The molecule has 0 N–H and O–H groups in total. The average Bonchev–Trinajstić information content (AvgIpc) is 2.61. The Kier molecular flexibility index (Phi) is 5.02. The highest BCUT2D eigenvalue weighted by atomic mass is 16.2. The topological polar surface area (TPSA) is 56.8 Å². The molecule has 0 spiro atoms. The first-order valence-corrected chi connectivity index (χ1v) is 8.80. The van der Waals surface area contributed by atoms with Crippen molar-refractivity contribution < 1.29 is 9.59 Å².